The van der Waals surface area contributed by atoms with Crippen molar-refractivity contribution in [3.63, 3.8) is 0 Å². The van der Waals surface area contributed by atoms with Crippen LogP contribution in [0, 0.1) is 46.8 Å². The lowest BCUT2D eigenvalue weighted by Gasteiger charge is -2.55. The Morgan fingerprint density at radius 3 is 1.91 bits per heavy atom. The fourth-order valence-corrected chi connectivity index (χ4v) is 10.9. The molecule has 242 valence electrons. The molecule has 6 saturated carbocycles. The molecule has 7 fully saturated rings. The molecule has 6 unspecified atom stereocenters. The summed E-state index contributed by atoms with van der Waals surface area (Å²) in [5.74, 6) is -10.2. The molecule has 0 aromatic carbocycles. The largest absolute Gasteiger partial charge is 0.459 e. The summed E-state index contributed by atoms with van der Waals surface area (Å²) in [5.41, 5.74) is -6.34. The number of hydrogen-bond acceptors (Lipinski definition) is 7. The summed E-state index contributed by atoms with van der Waals surface area (Å²) in [4.78, 5) is 42.1. The second-order valence-electron chi connectivity index (χ2n) is 14.0. The molecule has 6 bridgehead atoms. The SMILES string of the molecule is CC(C)N1C(=O)C2C3CC(C(OC(=O)C45CC6CC(CC(C6)C4)C5)C31)C2C(=O)OC(CS(=O)(=O)O)(C(F)(F)F)C(F)(F)F. The normalized spacial score (nSPS) is 40.1. The van der Waals surface area contributed by atoms with E-state index in [2.05, 4.69) is 4.74 Å². The Kier molecular flexibility index (Phi) is 6.80. The Morgan fingerprint density at radius 2 is 1.47 bits per heavy atom. The highest BCUT2D eigenvalue weighted by atomic mass is 32.2. The first kappa shape index (κ1) is 30.9. The second-order valence-corrected chi connectivity index (χ2v) is 15.4. The number of esters is 2. The quantitative estimate of drug-likeness (QED) is 0.251. The van der Waals surface area contributed by atoms with Gasteiger partial charge in [-0.3, -0.25) is 18.9 Å². The van der Waals surface area contributed by atoms with Crippen LogP contribution in [0.5, 0.6) is 0 Å². The summed E-state index contributed by atoms with van der Waals surface area (Å²) in [6.07, 6.45) is -9.18. The van der Waals surface area contributed by atoms with Crippen molar-refractivity contribution in [1.29, 1.82) is 0 Å². The minimum absolute atomic E-state index is 0.0201. The molecular formula is C27H33F6NO8S. The van der Waals surface area contributed by atoms with E-state index < -0.39 is 98.9 Å². The summed E-state index contributed by atoms with van der Waals surface area (Å²) < 4.78 is 126. The van der Waals surface area contributed by atoms with Gasteiger partial charge in [0.05, 0.1) is 23.3 Å². The molecule has 1 amide bonds. The number of alkyl halides is 6. The van der Waals surface area contributed by atoms with Crippen LogP contribution in [-0.4, -0.2) is 77.6 Å². The second kappa shape index (κ2) is 9.46. The number of ether oxygens (including phenoxy) is 2. The van der Waals surface area contributed by atoms with Gasteiger partial charge in [0.25, 0.3) is 10.1 Å². The molecule has 0 aromatic heterocycles. The molecule has 0 spiro atoms. The standard InChI is InChI=1S/C27H33F6NO8S/c1-11(2)34-19-15-6-16(20(19)41-23(37)24-7-12-3-13(8-24)5-14(4-12)9-24)18(17(15)21(34)35)22(36)42-25(26(28,29)30,27(31,32)33)10-43(38,39)40/h11-20H,3-10H2,1-2H3,(H,38,39,40). The molecule has 43 heavy (non-hydrogen) atoms. The lowest BCUT2D eigenvalue weighted by atomic mass is 9.49. The minimum atomic E-state index is -6.50. The Balaban J connectivity index is 1.33. The first-order valence-corrected chi connectivity index (χ1v) is 16.1. The zero-order valence-corrected chi connectivity index (χ0v) is 24.2. The number of amides is 1. The van der Waals surface area contributed by atoms with Crippen molar-refractivity contribution in [1.82, 2.24) is 4.90 Å². The third-order valence-electron chi connectivity index (χ3n) is 11.0. The van der Waals surface area contributed by atoms with Crippen LogP contribution in [0.25, 0.3) is 0 Å². The fraction of sp³-hybridized carbons (Fsp3) is 0.889. The predicted octanol–water partition coefficient (Wildman–Crippen LogP) is 3.91. The van der Waals surface area contributed by atoms with Gasteiger partial charge in [-0.05, 0) is 82.5 Å². The van der Waals surface area contributed by atoms with Crippen LogP contribution >= 0.6 is 0 Å². The van der Waals surface area contributed by atoms with Crippen LogP contribution in [0.3, 0.4) is 0 Å². The summed E-state index contributed by atoms with van der Waals surface area (Å²) >= 11 is 0. The molecule has 0 radical (unpaired) electrons. The van der Waals surface area contributed by atoms with Crippen LogP contribution in [0.2, 0.25) is 0 Å². The van der Waals surface area contributed by atoms with E-state index in [9.17, 15) is 49.1 Å². The Labute approximate surface area is 243 Å². The van der Waals surface area contributed by atoms with Gasteiger partial charge in [0.2, 0.25) is 5.91 Å². The fourth-order valence-electron chi connectivity index (χ4n) is 10.0. The maximum absolute atomic E-state index is 14.0. The topological polar surface area (TPSA) is 127 Å². The summed E-state index contributed by atoms with van der Waals surface area (Å²) in [5, 5.41) is 0. The van der Waals surface area contributed by atoms with Crippen molar-refractivity contribution in [3.8, 4) is 0 Å². The van der Waals surface area contributed by atoms with E-state index >= 15 is 0 Å². The van der Waals surface area contributed by atoms with Crippen molar-refractivity contribution < 1.29 is 63.2 Å². The van der Waals surface area contributed by atoms with E-state index in [4.69, 9.17) is 9.29 Å². The molecule has 0 aromatic rings. The lowest BCUT2D eigenvalue weighted by molar-refractivity contribution is -0.362. The molecule has 1 heterocycles. The molecular weight excluding hydrogens is 612 g/mol. The number of halogens is 6. The molecule has 7 aliphatic rings. The van der Waals surface area contributed by atoms with Crippen LogP contribution in [0.15, 0.2) is 0 Å². The molecule has 9 nitrogen and oxygen atoms in total. The van der Waals surface area contributed by atoms with Crippen molar-refractivity contribution >= 4 is 28.0 Å². The van der Waals surface area contributed by atoms with Crippen LogP contribution < -0.4 is 0 Å². The van der Waals surface area contributed by atoms with E-state index in [-0.39, 0.29) is 6.42 Å². The number of carbonyl (C=O) groups is 3. The zero-order chi connectivity index (χ0) is 31.7. The Bertz CT molecular complexity index is 1280. The number of carbonyl (C=O) groups excluding carboxylic acids is 3. The summed E-state index contributed by atoms with van der Waals surface area (Å²) in [7, 11) is -5.98. The van der Waals surface area contributed by atoms with Crippen LogP contribution in [0.1, 0.15) is 58.8 Å². The van der Waals surface area contributed by atoms with E-state index in [1.54, 1.807) is 13.8 Å². The van der Waals surface area contributed by atoms with Crippen LogP contribution in [-0.2, 0) is 34.0 Å². The number of nitrogens with zero attached hydrogens (tertiary/aromatic N) is 1. The zero-order valence-electron chi connectivity index (χ0n) is 23.4. The van der Waals surface area contributed by atoms with Gasteiger partial charge in [-0.2, -0.15) is 34.8 Å². The predicted molar refractivity (Wildman–Crippen MR) is 132 cm³/mol. The Hall–Kier alpha value is -2.10. The highest BCUT2D eigenvalue weighted by molar-refractivity contribution is 7.85. The van der Waals surface area contributed by atoms with Crippen LogP contribution in [0.4, 0.5) is 26.3 Å². The van der Waals surface area contributed by atoms with Gasteiger partial charge >= 0.3 is 29.9 Å². The number of likely N-dealkylation sites (tertiary alicyclic amines) is 1. The molecule has 1 saturated heterocycles. The van der Waals surface area contributed by atoms with E-state index in [0.29, 0.717) is 37.0 Å². The van der Waals surface area contributed by atoms with Gasteiger partial charge in [0.15, 0.2) is 0 Å². The van der Waals surface area contributed by atoms with E-state index in [1.165, 1.54) is 4.90 Å². The molecule has 6 atom stereocenters. The number of hydrogen-bond donors (Lipinski definition) is 1. The molecule has 7 rings (SSSR count). The maximum Gasteiger partial charge on any atom is 0.438 e. The average Bonchev–Trinajstić information content (AvgIpc) is 3.43. The van der Waals surface area contributed by atoms with Gasteiger partial charge in [0.1, 0.15) is 11.9 Å². The third-order valence-corrected chi connectivity index (χ3v) is 11.8. The van der Waals surface area contributed by atoms with Gasteiger partial charge in [0, 0.05) is 12.0 Å². The average molecular weight is 646 g/mol. The highest BCUT2D eigenvalue weighted by Crippen LogP contribution is 2.64. The Morgan fingerprint density at radius 1 is 0.953 bits per heavy atom. The third kappa shape index (κ3) is 4.58. The summed E-state index contributed by atoms with van der Waals surface area (Å²) in [6, 6.07) is -1.19. The maximum atomic E-state index is 14.0. The van der Waals surface area contributed by atoms with Crippen molar-refractivity contribution in [2.45, 2.75) is 94.9 Å². The summed E-state index contributed by atoms with van der Waals surface area (Å²) in [6.45, 7) is 3.32. The highest BCUT2D eigenvalue weighted by Gasteiger charge is 2.78. The number of fused-ring (bicyclic) bond motifs is 1. The van der Waals surface area contributed by atoms with Gasteiger partial charge in [-0.1, -0.05) is 0 Å². The van der Waals surface area contributed by atoms with Gasteiger partial charge < -0.3 is 14.4 Å². The van der Waals surface area contributed by atoms with Crippen molar-refractivity contribution in [2.75, 3.05) is 5.75 Å². The van der Waals surface area contributed by atoms with Crippen molar-refractivity contribution in [2.24, 2.45) is 46.8 Å². The molecule has 6 aliphatic carbocycles. The monoisotopic (exact) mass is 645 g/mol. The van der Waals surface area contributed by atoms with E-state index in [1.807, 2.05) is 0 Å². The molecule has 1 aliphatic heterocycles. The van der Waals surface area contributed by atoms with Crippen molar-refractivity contribution in [3.05, 3.63) is 0 Å². The smallest absolute Gasteiger partial charge is 0.438 e. The first-order chi connectivity index (χ1) is 19.7. The number of rotatable bonds is 7. The van der Waals surface area contributed by atoms with Gasteiger partial charge in [-0.25, -0.2) is 0 Å². The minimum Gasteiger partial charge on any atom is -0.459 e. The lowest BCUT2D eigenvalue weighted by Crippen LogP contribution is -2.64. The van der Waals surface area contributed by atoms with E-state index in [0.717, 1.165) is 19.3 Å². The van der Waals surface area contributed by atoms with Gasteiger partial charge in [-0.15, -0.1) is 0 Å². The molecule has 1 N–H and O–H groups in total. The molecule has 16 heteroatoms. The first-order valence-electron chi connectivity index (χ1n) is 14.5.